The first-order valence-corrected chi connectivity index (χ1v) is 9.21. The molecule has 1 aliphatic heterocycles. The summed E-state index contributed by atoms with van der Waals surface area (Å²) in [7, 11) is 0. The van der Waals surface area contributed by atoms with Crippen LogP contribution in [0.4, 0.5) is 4.79 Å². The standard InChI is InChI=1S/C20H25N3O5/c1-20(2,3)28-19(26)23-11-9-22(10-12-23)13-15-16(18(24)25)21-17(27-15)14-7-5-4-6-8-14/h4-8H,9-13H2,1-3H3,(H,24,25). The molecule has 0 unspecified atom stereocenters. The third-order valence-electron chi connectivity index (χ3n) is 4.31. The molecule has 0 aliphatic carbocycles. The quantitative estimate of drug-likeness (QED) is 0.861. The Morgan fingerprint density at radius 3 is 2.36 bits per heavy atom. The number of aromatic carboxylic acids is 1. The van der Waals surface area contributed by atoms with E-state index in [9.17, 15) is 14.7 Å². The summed E-state index contributed by atoms with van der Waals surface area (Å²) in [5, 5.41) is 9.47. The molecule has 1 amide bonds. The van der Waals surface area contributed by atoms with E-state index in [1.54, 1.807) is 4.90 Å². The van der Waals surface area contributed by atoms with E-state index in [-0.39, 0.29) is 11.8 Å². The molecule has 1 aromatic carbocycles. The summed E-state index contributed by atoms with van der Waals surface area (Å²) in [5.74, 6) is -0.509. The van der Waals surface area contributed by atoms with Gasteiger partial charge in [-0.2, -0.15) is 0 Å². The average molecular weight is 387 g/mol. The molecule has 2 aromatic rings. The lowest BCUT2D eigenvalue weighted by atomic mass is 10.2. The predicted molar refractivity (Wildman–Crippen MR) is 102 cm³/mol. The van der Waals surface area contributed by atoms with E-state index in [0.29, 0.717) is 44.4 Å². The Balaban J connectivity index is 1.66. The number of ether oxygens (including phenoxy) is 1. The fourth-order valence-electron chi connectivity index (χ4n) is 2.95. The maximum atomic E-state index is 12.2. The van der Waals surface area contributed by atoms with E-state index >= 15 is 0 Å². The van der Waals surface area contributed by atoms with Crippen molar-refractivity contribution in [2.24, 2.45) is 0 Å². The van der Waals surface area contributed by atoms with Crippen molar-refractivity contribution in [2.75, 3.05) is 26.2 Å². The molecular formula is C20H25N3O5. The first-order chi connectivity index (χ1) is 13.2. The molecule has 1 aromatic heterocycles. The highest BCUT2D eigenvalue weighted by Crippen LogP contribution is 2.23. The van der Waals surface area contributed by atoms with Crippen molar-refractivity contribution in [2.45, 2.75) is 32.9 Å². The molecular weight excluding hydrogens is 362 g/mol. The number of amides is 1. The monoisotopic (exact) mass is 387 g/mol. The van der Waals surface area contributed by atoms with Crippen LogP contribution in [0.1, 0.15) is 37.0 Å². The number of piperazine rings is 1. The van der Waals surface area contributed by atoms with E-state index in [1.807, 2.05) is 56.0 Å². The van der Waals surface area contributed by atoms with Crippen LogP contribution in [-0.4, -0.2) is 63.7 Å². The number of hydrogen-bond donors (Lipinski definition) is 1. The highest BCUT2D eigenvalue weighted by Gasteiger charge is 2.28. The van der Waals surface area contributed by atoms with E-state index in [4.69, 9.17) is 9.15 Å². The van der Waals surface area contributed by atoms with E-state index < -0.39 is 11.6 Å². The first kappa shape index (κ1) is 19.9. The van der Waals surface area contributed by atoms with Gasteiger partial charge in [0, 0.05) is 31.7 Å². The number of carboxylic acid groups (broad SMARTS) is 1. The average Bonchev–Trinajstić information content (AvgIpc) is 3.06. The van der Waals surface area contributed by atoms with Gasteiger partial charge >= 0.3 is 12.1 Å². The van der Waals surface area contributed by atoms with Gasteiger partial charge in [-0.05, 0) is 32.9 Å². The topological polar surface area (TPSA) is 96.1 Å². The molecule has 0 bridgehead atoms. The van der Waals surface area contributed by atoms with Gasteiger partial charge in [0.2, 0.25) is 5.89 Å². The Morgan fingerprint density at radius 1 is 1.14 bits per heavy atom. The zero-order valence-corrected chi connectivity index (χ0v) is 16.3. The van der Waals surface area contributed by atoms with Crippen LogP contribution in [0.5, 0.6) is 0 Å². The number of carbonyl (C=O) groups is 2. The summed E-state index contributed by atoms with van der Waals surface area (Å²) in [6.45, 7) is 8.05. The molecule has 1 aliphatic rings. The number of benzene rings is 1. The molecule has 28 heavy (non-hydrogen) atoms. The van der Waals surface area contributed by atoms with Gasteiger partial charge in [0.25, 0.3) is 0 Å². The van der Waals surface area contributed by atoms with Gasteiger partial charge in [-0.25, -0.2) is 14.6 Å². The summed E-state index contributed by atoms with van der Waals surface area (Å²) < 4.78 is 11.2. The van der Waals surface area contributed by atoms with Crippen LogP contribution in [0, 0.1) is 0 Å². The summed E-state index contributed by atoms with van der Waals surface area (Å²) in [6.07, 6.45) is -0.329. The van der Waals surface area contributed by atoms with Gasteiger partial charge in [-0.3, -0.25) is 4.90 Å². The fraction of sp³-hybridized carbons (Fsp3) is 0.450. The number of carboxylic acids is 1. The number of hydrogen-bond acceptors (Lipinski definition) is 6. The molecule has 0 atom stereocenters. The van der Waals surface area contributed by atoms with Crippen LogP contribution in [0.3, 0.4) is 0 Å². The second-order valence-corrected chi connectivity index (χ2v) is 7.71. The van der Waals surface area contributed by atoms with E-state index in [2.05, 4.69) is 4.98 Å². The summed E-state index contributed by atoms with van der Waals surface area (Å²) >= 11 is 0. The SMILES string of the molecule is CC(C)(C)OC(=O)N1CCN(Cc2oc(-c3ccccc3)nc2C(=O)O)CC1. The summed E-state index contributed by atoms with van der Waals surface area (Å²) in [4.78, 5) is 31.6. The van der Waals surface area contributed by atoms with Gasteiger partial charge in [0.05, 0.1) is 6.54 Å². The highest BCUT2D eigenvalue weighted by atomic mass is 16.6. The molecule has 8 heteroatoms. The second kappa shape index (κ2) is 8.02. The van der Waals surface area contributed by atoms with Crippen molar-refractivity contribution in [3.8, 4) is 11.5 Å². The van der Waals surface area contributed by atoms with Crippen LogP contribution in [0.2, 0.25) is 0 Å². The van der Waals surface area contributed by atoms with Gasteiger partial charge in [0.1, 0.15) is 5.60 Å². The minimum atomic E-state index is -1.12. The lowest BCUT2D eigenvalue weighted by Crippen LogP contribution is -2.49. The minimum Gasteiger partial charge on any atom is -0.476 e. The van der Waals surface area contributed by atoms with Gasteiger partial charge < -0.3 is 19.2 Å². The molecule has 150 valence electrons. The molecule has 1 saturated heterocycles. The molecule has 1 N–H and O–H groups in total. The molecule has 0 spiro atoms. The minimum absolute atomic E-state index is 0.0755. The Morgan fingerprint density at radius 2 is 1.79 bits per heavy atom. The summed E-state index contributed by atoms with van der Waals surface area (Å²) in [5.41, 5.74) is 0.123. The lowest BCUT2D eigenvalue weighted by Gasteiger charge is -2.35. The molecule has 3 rings (SSSR count). The number of nitrogens with zero attached hydrogens (tertiary/aromatic N) is 3. The maximum absolute atomic E-state index is 12.2. The second-order valence-electron chi connectivity index (χ2n) is 7.71. The Bertz CT molecular complexity index is 833. The molecule has 2 heterocycles. The van der Waals surface area contributed by atoms with Gasteiger partial charge in [-0.1, -0.05) is 18.2 Å². The smallest absolute Gasteiger partial charge is 0.410 e. The van der Waals surface area contributed by atoms with Crippen molar-refractivity contribution in [1.82, 2.24) is 14.8 Å². The van der Waals surface area contributed by atoms with Crippen LogP contribution in [-0.2, 0) is 11.3 Å². The van der Waals surface area contributed by atoms with Gasteiger partial charge in [0.15, 0.2) is 11.5 Å². The largest absolute Gasteiger partial charge is 0.476 e. The number of carbonyl (C=O) groups excluding carboxylic acids is 1. The molecule has 0 saturated carbocycles. The zero-order valence-electron chi connectivity index (χ0n) is 16.3. The van der Waals surface area contributed by atoms with E-state index in [1.165, 1.54) is 0 Å². The summed E-state index contributed by atoms with van der Waals surface area (Å²) in [6, 6.07) is 9.20. The maximum Gasteiger partial charge on any atom is 0.410 e. The normalized spacial score (nSPS) is 15.5. The van der Waals surface area contributed by atoms with Crippen molar-refractivity contribution < 1.29 is 23.8 Å². The van der Waals surface area contributed by atoms with Crippen LogP contribution in [0.15, 0.2) is 34.7 Å². The Labute approximate surface area is 163 Å². The highest BCUT2D eigenvalue weighted by molar-refractivity contribution is 5.87. The number of aromatic nitrogens is 1. The predicted octanol–water partition coefficient (Wildman–Crippen LogP) is 3.09. The fourth-order valence-corrected chi connectivity index (χ4v) is 2.95. The number of rotatable bonds is 4. The Kier molecular flexibility index (Phi) is 5.69. The van der Waals surface area contributed by atoms with Crippen LogP contribution >= 0.6 is 0 Å². The Hall–Kier alpha value is -2.87. The lowest BCUT2D eigenvalue weighted by molar-refractivity contribution is 0.0134. The van der Waals surface area contributed by atoms with Crippen molar-refractivity contribution in [3.63, 3.8) is 0 Å². The van der Waals surface area contributed by atoms with Crippen molar-refractivity contribution in [3.05, 3.63) is 41.8 Å². The van der Waals surface area contributed by atoms with Crippen LogP contribution < -0.4 is 0 Å². The van der Waals surface area contributed by atoms with Crippen LogP contribution in [0.25, 0.3) is 11.5 Å². The van der Waals surface area contributed by atoms with Crippen molar-refractivity contribution >= 4 is 12.1 Å². The number of oxazole rings is 1. The zero-order chi connectivity index (χ0) is 20.3. The third kappa shape index (κ3) is 4.89. The van der Waals surface area contributed by atoms with Crippen molar-refractivity contribution in [1.29, 1.82) is 0 Å². The van der Waals surface area contributed by atoms with Gasteiger partial charge in [-0.15, -0.1) is 0 Å². The molecule has 0 radical (unpaired) electrons. The third-order valence-corrected chi connectivity index (χ3v) is 4.31. The first-order valence-electron chi connectivity index (χ1n) is 9.21. The van der Waals surface area contributed by atoms with E-state index in [0.717, 1.165) is 5.56 Å². The molecule has 8 nitrogen and oxygen atoms in total. The molecule has 1 fully saturated rings.